The molecular formula is C23H31NO5. The molecule has 1 aromatic heterocycles. The second kappa shape index (κ2) is 7.96. The van der Waals surface area contributed by atoms with Gasteiger partial charge in [-0.05, 0) is 75.7 Å². The largest absolute Gasteiger partial charge is 0.469 e. The van der Waals surface area contributed by atoms with Crippen LogP contribution in [0, 0.1) is 43.4 Å². The Morgan fingerprint density at radius 2 is 1.66 bits per heavy atom. The molecule has 4 aliphatic carbocycles. The Hall–Kier alpha value is -2.11. The smallest absolute Gasteiger partial charge is 0.309 e. The lowest BCUT2D eigenvalue weighted by molar-refractivity contribution is -0.161. The van der Waals surface area contributed by atoms with Gasteiger partial charge in [-0.1, -0.05) is 0 Å². The van der Waals surface area contributed by atoms with Gasteiger partial charge in [0.05, 0.1) is 19.4 Å². The Balaban J connectivity index is 1.36. The summed E-state index contributed by atoms with van der Waals surface area (Å²) in [5.74, 6) is 1.87. The van der Waals surface area contributed by atoms with Crippen molar-refractivity contribution in [3.63, 3.8) is 0 Å². The summed E-state index contributed by atoms with van der Waals surface area (Å²) in [5, 5.41) is 0. The van der Waals surface area contributed by atoms with E-state index in [2.05, 4.69) is 0 Å². The van der Waals surface area contributed by atoms with Gasteiger partial charge in [-0.25, -0.2) is 0 Å². The van der Waals surface area contributed by atoms with Crippen molar-refractivity contribution in [1.29, 1.82) is 0 Å². The topological polar surface area (TPSA) is 74.6 Å². The number of ether oxygens (including phenoxy) is 2. The van der Waals surface area contributed by atoms with Crippen molar-refractivity contribution in [3.8, 4) is 0 Å². The summed E-state index contributed by atoms with van der Waals surface area (Å²) in [6.07, 6.45) is 6.22. The minimum Gasteiger partial charge on any atom is -0.469 e. The highest BCUT2D eigenvalue weighted by Crippen LogP contribution is 2.56. The molecule has 0 atom stereocenters. The highest BCUT2D eigenvalue weighted by atomic mass is 16.5. The second-order valence-electron chi connectivity index (χ2n) is 9.25. The number of aryl methyl sites for hydroxylation is 1. The van der Waals surface area contributed by atoms with Crippen LogP contribution in [0.2, 0.25) is 0 Å². The Bertz CT molecular complexity index is 795. The molecule has 158 valence electrons. The van der Waals surface area contributed by atoms with Crippen LogP contribution in [-0.2, 0) is 25.6 Å². The number of nitrogens with zero attached hydrogens (tertiary/aromatic N) is 1. The van der Waals surface area contributed by atoms with E-state index in [-0.39, 0.29) is 36.7 Å². The number of rotatable bonds is 7. The number of hydrogen-bond acceptors (Lipinski definition) is 5. The summed E-state index contributed by atoms with van der Waals surface area (Å²) < 4.78 is 12.2. The van der Waals surface area contributed by atoms with Gasteiger partial charge in [0.2, 0.25) is 5.78 Å². The maximum absolute atomic E-state index is 12.8. The van der Waals surface area contributed by atoms with Crippen LogP contribution in [0.25, 0.3) is 0 Å². The number of aromatic nitrogens is 1. The van der Waals surface area contributed by atoms with E-state index in [9.17, 15) is 14.4 Å². The summed E-state index contributed by atoms with van der Waals surface area (Å²) in [4.78, 5) is 37.0. The lowest BCUT2D eigenvalue weighted by Gasteiger charge is -2.53. The zero-order valence-corrected chi connectivity index (χ0v) is 17.6. The average Bonchev–Trinajstić information content (AvgIpc) is 2.97. The molecule has 5 rings (SSSR count). The summed E-state index contributed by atoms with van der Waals surface area (Å²) in [6, 6.07) is 1.81. The molecule has 6 nitrogen and oxygen atoms in total. The molecule has 4 fully saturated rings. The Labute approximate surface area is 171 Å². The molecule has 4 aliphatic rings. The van der Waals surface area contributed by atoms with Crippen molar-refractivity contribution >= 4 is 17.7 Å². The molecule has 0 aliphatic heterocycles. The number of methoxy groups -OCH3 is 1. The van der Waals surface area contributed by atoms with Gasteiger partial charge in [0.15, 0.2) is 6.61 Å². The molecule has 1 heterocycles. The van der Waals surface area contributed by atoms with Gasteiger partial charge in [-0.3, -0.25) is 14.4 Å². The quantitative estimate of drug-likeness (QED) is 0.517. The van der Waals surface area contributed by atoms with Crippen molar-refractivity contribution in [2.24, 2.45) is 29.6 Å². The van der Waals surface area contributed by atoms with Gasteiger partial charge in [-0.15, -0.1) is 0 Å². The molecule has 0 N–H and O–H groups in total. The third-order valence-corrected chi connectivity index (χ3v) is 7.49. The minimum atomic E-state index is -0.282. The first-order valence-corrected chi connectivity index (χ1v) is 10.8. The van der Waals surface area contributed by atoms with E-state index >= 15 is 0 Å². The highest BCUT2D eigenvalue weighted by Gasteiger charge is 2.51. The number of ketones is 1. The molecule has 0 spiro atoms. The van der Waals surface area contributed by atoms with Crippen molar-refractivity contribution in [2.75, 3.05) is 13.7 Å². The molecule has 6 heteroatoms. The van der Waals surface area contributed by atoms with Gasteiger partial charge in [-0.2, -0.15) is 0 Å². The van der Waals surface area contributed by atoms with Gasteiger partial charge in [0.1, 0.15) is 0 Å². The van der Waals surface area contributed by atoms with Crippen LogP contribution in [0.1, 0.15) is 60.3 Å². The van der Waals surface area contributed by atoms with E-state index in [0.29, 0.717) is 23.9 Å². The third-order valence-electron chi connectivity index (χ3n) is 7.49. The fourth-order valence-electron chi connectivity index (χ4n) is 6.35. The first-order valence-electron chi connectivity index (χ1n) is 10.8. The maximum atomic E-state index is 12.8. The molecule has 4 bridgehead atoms. The molecule has 0 aromatic carbocycles. The molecule has 0 amide bonds. The molecule has 29 heavy (non-hydrogen) atoms. The van der Waals surface area contributed by atoms with E-state index in [4.69, 9.17) is 9.47 Å². The summed E-state index contributed by atoms with van der Waals surface area (Å²) in [5.41, 5.74) is 2.26. The van der Waals surface area contributed by atoms with Crippen LogP contribution in [0.3, 0.4) is 0 Å². The maximum Gasteiger partial charge on any atom is 0.309 e. The predicted octanol–water partition coefficient (Wildman–Crippen LogP) is 3.47. The van der Waals surface area contributed by atoms with Gasteiger partial charge in [0.25, 0.3) is 0 Å². The van der Waals surface area contributed by atoms with Crippen LogP contribution >= 0.6 is 0 Å². The number of Topliss-reactive ketones (excluding diaryl/α,β-unsaturated/α-hetero) is 1. The van der Waals surface area contributed by atoms with Crippen molar-refractivity contribution in [2.45, 2.75) is 58.9 Å². The molecule has 0 saturated heterocycles. The zero-order valence-electron chi connectivity index (χ0n) is 17.6. The van der Waals surface area contributed by atoms with Crippen molar-refractivity contribution < 1.29 is 23.9 Å². The standard InChI is InChI=1S/C23H31NO5/c1-13-6-19(14(2)24(13)5-4-21(26)28-3)20(25)12-29-23(27)22-17-8-15-7-16(10-17)11-18(22)9-15/h6,15-18,22H,4-5,7-12H2,1-3H3. The fourth-order valence-corrected chi connectivity index (χ4v) is 6.35. The fraction of sp³-hybridized carbons (Fsp3) is 0.696. The molecule has 0 unspecified atom stereocenters. The monoisotopic (exact) mass is 401 g/mol. The lowest BCUT2D eigenvalue weighted by Crippen LogP contribution is -2.48. The van der Waals surface area contributed by atoms with Gasteiger partial charge in [0, 0.05) is 23.5 Å². The van der Waals surface area contributed by atoms with Crippen LogP contribution in [0.5, 0.6) is 0 Å². The predicted molar refractivity (Wildman–Crippen MR) is 106 cm³/mol. The average molecular weight is 402 g/mol. The summed E-state index contributed by atoms with van der Waals surface area (Å²) >= 11 is 0. The first kappa shape index (κ1) is 20.2. The minimum absolute atomic E-state index is 0.0110. The van der Waals surface area contributed by atoms with Crippen LogP contribution < -0.4 is 0 Å². The summed E-state index contributed by atoms with van der Waals surface area (Å²) in [7, 11) is 1.37. The van der Waals surface area contributed by atoms with E-state index < -0.39 is 0 Å². The zero-order chi connectivity index (χ0) is 20.7. The molecule has 4 saturated carbocycles. The van der Waals surface area contributed by atoms with Gasteiger partial charge < -0.3 is 14.0 Å². The normalized spacial score (nSPS) is 29.7. The molecule has 1 aromatic rings. The Morgan fingerprint density at radius 1 is 1.03 bits per heavy atom. The van der Waals surface area contributed by atoms with Crippen LogP contribution in [0.4, 0.5) is 0 Å². The number of esters is 2. The summed E-state index contributed by atoms with van der Waals surface area (Å²) in [6.45, 7) is 4.02. The number of hydrogen-bond donors (Lipinski definition) is 0. The van der Waals surface area contributed by atoms with Crippen LogP contribution in [0.15, 0.2) is 6.07 Å². The van der Waals surface area contributed by atoms with E-state index in [0.717, 1.165) is 48.9 Å². The van der Waals surface area contributed by atoms with Crippen molar-refractivity contribution in [1.82, 2.24) is 4.57 Å². The number of carbonyl (C=O) groups is 3. The van der Waals surface area contributed by atoms with Gasteiger partial charge >= 0.3 is 11.9 Å². The van der Waals surface area contributed by atoms with E-state index in [1.807, 2.05) is 24.5 Å². The van der Waals surface area contributed by atoms with E-state index in [1.165, 1.54) is 13.5 Å². The Kier molecular flexibility index (Phi) is 5.54. The first-order chi connectivity index (χ1) is 13.9. The SMILES string of the molecule is COC(=O)CCn1c(C)cc(C(=O)COC(=O)C2C3CC4CC(C3)CC2C4)c1C. The molecule has 0 radical (unpaired) electrons. The third kappa shape index (κ3) is 3.86. The Morgan fingerprint density at radius 3 is 2.24 bits per heavy atom. The van der Waals surface area contributed by atoms with Crippen molar-refractivity contribution in [3.05, 3.63) is 23.0 Å². The molecular weight excluding hydrogens is 370 g/mol. The second-order valence-corrected chi connectivity index (χ2v) is 9.25. The lowest BCUT2D eigenvalue weighted by atomic mass is 9.52. The highest BCUT2D eigenvalue weighted by molar-refractivity contribution is 5.99. The van der Waals surface area contributed by atoms with E-state index in [1.54, 1.807) is 0 Å². The number of carbonyl (C=O) groups excluding carboxylic acids is 3. The van der Waals surface area contributed by atoms with Crippen LogP contribution in [-0.4, -0.2) is 36.0 Å².